The van der Waals surface area contributed by atoms with E-state index in [0.29, 0.717) is 29.1 Å². The summed E-state index contributed by atoms with van der Waals surface area (Å²) in [5, 5.41) is 18.0. The number of carbonyl (C=O) groups is 1. The second-order valence-electron chi connectivity index (χ2n) is 9.12. The minimum Gasteiger partial charge on any atom is -0.390 e. The van der Waals surface area contributed by atoms with E-state index in [4.69, 9.17) is 0 Å². The molecule has 190 valence electrons. The summed E-state index contributed by atoms with van der Waals surface area (Å²) >= 11 is 3.47. The third-order valence-corrected chi connectivity index (χ3v) is 6.17. The third kappa shape index (κ3) is 6.54. The summed E-state index contributed by atoms with van der Waals surface area (Å²) in [6.07, 6.45) is 6.27. The van der Waals surface area contributed by atoms with E-state index >= 15 is 0 Å². The molecule has 1 amide bonds. The van der Waals surface area contributed by atoms with Gasteiger partial charge in [-0.2, -0.15) is 0 Å². The van der Waals surface area contributed by atoms with Crippen LogP contribution in [0, 0.1) is 10.1 Å². The molecule has 0 spiro atoms. The SMILES string of the molecule is Cn1c(C[N+](C)(C)C/C=C/C(=O)Nc2ccc3ncnc(Nc4cccc(Br)c4)c3c2)cnc1[N+](=O)[O-]. The Kier molecular flexibility index (Phi) is 7.60. The molecule has 0 aliphatic rings. The smallest absolute Gasteiger partial charge is 0.390 e. The van der Waals surface area contributed by atoms with Crippen LogP contribution in [0.25, 0.3) is 10.9 Å². The molecule has 12 heteroatoms. The number of nitrogens with one attached hydrogen (secondary N) is 2. The van der Waals surface area contributed by atoms with Crippen LogP contribution in [0.2, 0.25) is 0 Å². The van der Waals surface area contributed by atoms with Gasteiger partial charge in [-0.05, 0) is 47.4 Å². The second kappa shape index (κ2) is 10.8. The molecule has 4 aromatic rings. The molecule has 2 N–H and O–H groups in total. The lowest BCUT2D eigenvalue weighted by Crippen LogP contribution is -2.39. The van der Waals surface area contributed by atoms with Gasteiger partial charge < -0.3 is 25.2 Å². The first-order chi connectivity index (χ1) is 17.6. The van der Waals surface area contributed by atoms with Crippen molar-refractivity contribution < 1.29 is 14.2 Å². The number of imidazole rings is 1. The minimum atomic E-state index is -0.508. The van der Waals surface area contributed by atoms with Crippen molar-refractivity contribution in [2.24, 2.45) is 7.05 Å². The second-order valence-corrected chi connectivity index (χ2v) is 10.0. The Morgan fingerprint density at radius 3 is 2.70 bits per heavy atom. The van der Waals surface area contributed by atoms with Gasteiger partial charge >= 0.3 is 5.95 Å². The topological polar surface area (TPSA) is 128 Å². The van der Waals surface area contributed by atoms with E-state index in [0.717, 1.165) is 26.8 Å². The van der Waals surface area contributed by atoms with Crippen LogP contribution in [0.1, 0.15) is 5.69 Å². The molecule has 37 heavy (non-hydrogen) atoms. The Hall–Kier alpha value is -4.16. The number of hydrogen-bond donors (Lipinski definition) is 2. The molecule has 0 radical (unpaired) electrons. The monoisotopic (exact) mass is 565 g/mol. The molecule has 0 aliphatic heterocycles. The summed E-state index contributed by atoms with van der Waals surface area (Å²) in [7, 11) is 5.58. The first-order valence-corrected chi connectivity index (χ1v) is 12.1. The molecule has 0 bridgehead atoms. The summed E-state index contributed by atoms with van der Waals surface area (Å²) < 4.78 is 2.90. The largest absolute Gasteiger partial charge is 0.434 e. The van der Waals surface area contributed by atoms with Gasteiger partial charge in [0.1, 0.15) is 24.9 Å². The number of aromatic nitrogens is 4. The molecule has 0 atom stereocenters. The zero-order valence-corrected chi connectivity index (χ0v) is 22.1. The third-order valence-electron chi connectivity index (χ3n) is 5.67. The predicted octanol–water partition coefficient (Wildman–Crippen LogP) is 4.55. The number of carbonyl (C=O) groups excluding carboxylic acids is 1. The normalized spacial score (nSPS) is 11.7. The fourth-order valence-corrected chi connectivity index (χ4v) is 4.22. The molecule has 0 aliphatic carbocycles. The lowest BCUT2D eigenvalue weighted by atomic mass is 10.2. The van der Waals surface area contributed by atoms with Gasteiger partial charge in [0.15, 0.2) is 5.69 Å². The number of likely N-dealkylation sites (N-methyl/N-ethyl adjacent to an activating group) is 1. The summed E-state index contributed by atoms with van der Waals surface area (Å²) in [5.74, 6) is 0.166. The quantitative estimate of drug-likeness (QED) is 0.132. The lowest BCUT2D eigenvalue weighted by Gasteiger charge is -2.27. The first-order valence-electron chi connectivity index (χ1n) is 11.3. The van der Waals surface area contributed by atoms with Crippen LogP contribution in [0.15, 0.2) is 71.6 Å². The van der Waals surface area contributed by atoms with Gasteiger partial charge in [0.2, 0.25) is 5.91 Å². The Bertz CT molecular complexity index is 1500. The van der Waals surface area contributed by atoms with Crippen molar-refractivity contribution in [2.75, 3.05) is 31.3 Å². The zero-order chi connectivity index (χ0) is 26.6. The number of nitrogens with zero attached hydrogens (tertiary/aromatic N) is 6. The molecule has 2 heterocycles. The van der Waals surface area contributed by atoms with Crippen molar-refractivity contribution in [2.45, 2.75) is 6.54 Å². The van der Waals surface area contributed by atoms with Gasteiger partial charge in [0.25, 0.3) is 0 Å². The van der Waals surface area contributed by atoms with Crippen molar-refractivity contribution in [1.82, 2.24) is 19.5 Å². The van der Waals surface area contributed by atoms with Crippen molar-refractivity contribution in [3.63, 3.8) is 0 Å². The predicted molar refractivity (Wildman–Crippen MR) is 145 cm³/mol. The highest BCUT2D eigenvalue weighted by atomic mass is 79.9. The Morgan fingerprint density at radius 1 is 1.16 bits per heavy atom. The number of quaternary nitrogens is 1. The van der Waals surface area contributed by atoms with Gasteiger partial charge in [-0.3, -0.25) is 4.79 Å². The van der Waals surface area contributed by atoms with E-state index in [1.165, 1.54) is 23.2 Å². The number of nitro groups is 1. The van der Waals surface area contributed by atoms with E-state index < -0.39 is 4.92 Å². The Labute approximate surface area is 221 Å². The maximum absolute atomic E-state index is 12.6. The van der Waals surface area contributed by atoms with Gasteiger partial charge in [-0.25, -0.2) is 14.5 Å². The molecule has 2 aromatic heterocycles. The summed E-state index contributed by atoms with van der Waals surface area (Å²) in [5.41, 5.74) is 2.97. The molecule has 0 unspecified atom stereocenters. The maximum Gasteiger partial charge on any atom is 0.434 e. The summed E-state index contributed by atoms with van der Waals surface area (Å²) in [6.45, 7) is 1.06. The molecular weight excluding hydrogens is 540 g/mol. The summed E-state index contributed by atoms with van der Waals surface area (Å²) in [6, 6.07) is 13.2. The van der Waals surface area contributed by atoms with E-state index in [1.807, 2.05) is 50.5 Å². The van der Waals surface area contributed by atoms with E-state index in [9.17, 15) is 14.9 Å². The molecule has 0 saturated carbocycles. The fourth-order valence-electron chi connectivity index (χ4n) is 3.82. The van der Waals surface area contributed by atoms with Crippen LogP contribution in [-0.2, 0) is 18.4 Å². The Balaban J connectivity index is 1.41. The number of fused-ring (bicyclic) bond motifs is 1. The van der Waals surface area contributed by atoms with E-state index in [1.54, 1.807) is 19.2 Å². The molecule has 4 rings (SSSR count). The van der Waals surface area contributed by atoms with Crippen molar-refractivity contribution in [3.05, 3.63) is 87.4 Å². The number of halogens is 1. The molecular formula is C25H26BrN8O3+. The first kappa shape index (κ1) is 25.9. The van der Waals surface area contributed by atoms with Crippen LogP contribution >= 0.6 is 15.9 Å². The van der Waals surface area contributed by atoms with Crippen LogP contribution in [0.3, 0.4) is 0 Å². The summed E-state index contributed by atoms with van der Waals surface area (Å²) in [4.78, 5) is 35.7. The van der Waals surface area contributed by atoms with Crippen LogP contribution in [-0.4, -0.2) is 55.5 Å². The molecule has 2 aromatic carbocycles. The highest BCUT2D eigenvalue weighted by Gasteiger charge is 2.24. The number of amides is 1. The average molecular weight is 566 g/mol. The van der Waals surface area contributed by atoms with Gasteiger partial charge in [-0.1, -0.05) is 27.0 Å². The standard InChI is InChI=1S/C25H25BrN8O3/c1-32-20(14-27-25(32)33(36)37)15-34(2,3)11-5-8-23(35)30-19-9-10-22-21(13-19)24(29-16-28-22)31-18-7-4-6-17(26)12-18/h4-10,12-14,16H,11,15H2,1-3H3,(H-,28,29,30,31,35)/p+1/b8-5+. The number of rotatable bonds is 9. The minimum absolute atomic E-state index is 0.194. The van der Waals surface area contributed by atoms with Crippen LogP contribution in [0.4, 0.5) is 23.1 Å². The number of hydrogen-bond acceptors (Lipinski definition) is 7. The van der Waals surface area contributed by atoms with Gasteiger partial charge in [-0.15, -0.1) is 0 Å². The zero-order valence-electron chi connectivity index (χ0n) is 20.6. The van der Waals surface area contributed by atoms with Crippen LogP contribution in [0.5, 0.6) is 0 Å². The lowest BCUT2D eigenvalue weighted by molar-refractivity contribution is -0.898. The van der Waals surface area contributed by atoms with E-state index in [2.05, 4.69) is 41.5 Å². The van der Waals surface area contributed by atoms with Crippen molar-refractivity contribution >= 4 is 55.9 Å². The number of benzene rings is 2. The van der Waals surface area contributed by atoms with Crippen LogP contribution < -0.4 is 10.6 Å². The maximum atomic E-state index is 12.6. The Morgan fingerprint density at radius 2 is 1.97 bits per heavy atom. The molecule has 0 saturated heterocycles. The van der Waals surface area contributed by atoms with E-state index in [-0.39, 0.29) is 11.9 Å². The van der Waals surface area contributed by atoms with Gasteiger partial charge in [0.05, 0.1) is 33.2 Å². The molecule has 0 fully saturated rings. The fraction of sp³-hybridized carbons (Fsp3) is 0.200. The highest BCUT2D eigenvalue weighted by Crippen LogP contribution is 2.27. The highest BCUT2D eigenvalue weighted by molar-refractivity contribution is 9.10. The van der Waals surface area contributed by atoms with Gasteiger partial charge in [0, 0.05) is 27.3 Å². The van der Waals surface area contributed by atoms with Crippen molar-refractivity contribution in [3.8, 4) is 0 Å². The van der Waals surface area contributed by atoms with Crippen molar-refractivity contribution in [1.29, 1.82) is 0 Å². The molecule has 11 nitrogen and oxygen atoms in total. The number of anilines is 3. The average Bonchev–Trinajstić information content (AvgIpc) is 3.19.